The lowest BCUT2D eigenvalue weighted by Gasteiger charge is -2.08. The molecule has 21 heavy (non-hydrogen) atoms. The van der Waals surface area contributed by atoms with Gasteiger partial charge in [-0.3, -0.25) is 9.78 Å². The molecule has 1 aromatic carbocycles. The van der Waals surface area contributed by atoms with E-state index < -0.39 is 0 Å². The monoisotopic (exact) mass is 285 g/mol. The highest BCUT2D eigenvalue weighted by Crippen LogP contribution is 2.16. The topological polar surface area (TPSA) is 63.2 Å². The summed E-state index contributed by atoms with van der Waals surface area (Å²) in [6, 6.07) is 11.2. The number of hydrogen-bond acceptors (Lipinski definition) is 4. The lowest BCUT2D eigenvalue weighted by molar-refractivity contribution is -0.115. The number of aromatic nitrogens is 1. The lowest BCUT2D eigenvalue weighted by Crippen LogP contribution is -2.28. The van der Waals surface area contributed by atoms with E-state index in [2.05, 4.69) is 15.6 Å². The highest BCUT2D eigenvalue weighted by Gasteiger charge is 2.04. The maximum absolute atomic E-state index is 11.9. The van der Waals surface area contributed by atoms with Crippen molar-refractivity contribution in [1.82, 2.24) is 10.3 Å². The quantitative estimate of drug-likeness (QED) is 0.853. The predicted molar refractivity (Wildman–Crippen MR) is 82.3 cm³/mol. The van der Waals surface area contributed by atoms with Crippen LogP contribution in [0.3, 0.4) is 0 Å². The van der Waals surface area contributed by atoms with Gasteiger partial charge in [-0.2, -0.15) is 0 Å². The minimum Gasteiger partial charge on any atom is -0.497 e. The molecule has 0 saturated carbocycles. The van der Waals surface area contributed by atoms with Crippen LogP contribution in [0.2, 0.25) is 0 Å². The number of anilines is 1. The van der Waals surface area contributed by atoms with Gasteiger partial charge in [0.15, 0.2) is 0 Å². The standard InChI is InChI=1S/C16H19N3O2/c1-12-5-4-8-18-15(12)10-17-11-16(20)19-13-6-3-7-14(9-13)21-2/h3-9,17H,10-11H2,1-2H3,(H,19,20). The summed E-state index contributed by atoms with van der Waals surface area (Å²) in [4.78, 5) is 16.1. The lowest BCUT2D eigenvalue weighted by atomic mass is 10.2. The Bertz CT molecular complexity index is 614. The molecule has 5 heteroatoms. The average molecular weight is 285 g/mol. The normalized spacial score (nSPS) is 10.2. The van der Waals surface area contributed by atoms with Gasteiger partial charge in [0.2, 0.25) is 5.91 Å². The summed E-state index contributed by atoms with van der Waals surface area (Å²) in [7, 11) is 1.59. The zero-order valence-corrected chi connectivity index (χ0v) is 12.2. The predicted octanol–water partition coefficient (Wildman–Crippen LogP) is 2.13. The smallest absolute Gasteiger partial charge is 0.238 e. The molecule has 0 spiro atoms. The second-order valence-electron chi connectivity index (χ2n) is 4.65. The van der Waals surface area contributed by atoms with Crippen LogP contribution in [-0.2, 0) is 11.3 Å². The zero-order valence-electron chi connectivity index (χ0n) is 12.2. The number of ether oxygens (including phenoxy) is 1. The molecule has 2 N–H and O–H groups in total. The summed E-state index contributed by atoms with van der Waals surface area (Å²) in [5, 5.41) is 5.90. The van der Waals surface area contributed by atoms with Crippen LogP contribution in [-0.4, -0.2) is 24.5 Å². The summed E-state index contributed by atoms with van der Waals surface area (Å²) in [6.45, 7) is 2.80. The van der Waals surface area contributed by atoms with E-state index in [9.17, 15) is 4.79 Å². The Morgan fingerprint density at radius 2 is 2.14 bits per heavy atom. The van der Waals surface area contributed by atoms with Crippen molar-refractivity contribution in [3.8, 4) is 5.75 Å². The van der Waals surface area contributed by atoms with Crippen molar-refractivity contribution in [2.24, 2.45) is 0 Å². The molecule has 0 saturated heterocycles. The van der Waals surface area contributed by atoms with Gasteiger partial charge >= 0.3 is 0 Å². The summed E-state index contributed by atoms with van der Waals surface area (Å²) >= 11 is 0. The van der Waals surface area contributed by atoms with Crippen molar-refractivity contribution >= 4 is 11.6 Å². The molecule has 0 unspecified atom stereocenters. The fraction of sp³-hybridized carbons (Fsp3) is 0.250. The van der Waals surface area contributed by atoms with E-state index in [4.69, 9.17) is 4.74 Å². The molecule has 0 aliphatic heterocycles. The van der Waals surface area contributed by atoms with Gasteiger partial charge in [-0.25, -0.2) is 0 Å². The van der Waals surface area contributed by atoms with Gasteiger partial charge in [0.1, 0.15) is 5.75 Å². The number of carbonyl (C=O) groups is 1. The highest BCUT2D eigenvalue weighted by atomic mass is 16.5. The Morgan fingerprint density at radius 1 is 1.29 bits per heavy atom. The molecule has 1 amide bonds. The molecule has 2 aromatic rings. The summed E-state index contributed by atoms with van der Waals surface area (Å²) < 4.78 is 5.11. The molecule has 0 atom stereocenters. The maximum Gasteiger partial charge on any atom is 0.238 e. The van der Waals surface area contributed by atoms with E-state index in [1.807, 2.05) is 37.3 Å². The number of hydrogen-bond donors (Lipinski definition) is 2. The zero-order chi connectivity index (χ0) is 15.1. The molecule has 5 nitrogen and oxygen atoms in total. The first-order chi connectivity index (χ1) is 10.2. The maximum atomic E-state index is 11.9. The van der Waals surface area contributed by atoms with Gasteiger partial charge in [-0.05, 0) is 30.7 Å². The third-order valence-corrected chi connectivity index (χ3v) is 3.05. The Kier molecular flexibility index (Phi) is 5.29. The van der Waals surface area contributed by atoms with E-state index in [1.165, 1.54) is 0 Å². The second kappa shape index (κ2) is 7.40. The van der Waals surface area contributed by atoms with E-state index in [0.717, 1.165) is 16.9 Å². The van der Waals surface area contributed by atoms with Gasteiger partial charge < -0.3 is 15.4 Å². The molecule has 1 heterocycles. The number of methoxy groups -OCH3 is 1. The number of amides is 1. The third kappa shape index (κ3) is 4.57. The minimum absolute atomic E-state index is 0.100. The molecule has 1 aromatic heterocycles. The molecular weight excluding hydrogens is 266 g/mol. The highest BCUT2D eigenvalue weighted by molar-refractivity contribution is 5.92. The van der Waals surface area contributed by atoms with Crippen molar-refractivity contribution in [2.75, 3.05) is 19.0 Å². The first-order valence-corrected chi connectivity index (χ1v) is 6.74. The van der Waals surface area contributed by atoms with Crippen LogP contribution >= 0.6 is 0 Å². The van der Waals surface area contributed by atoms with Gasteiger partial charge in [-0.15, -0.1) is 0 Å². The van der Waals surface area contributed by atoms with Gasteiger partial charge in [0, 0.05) is 24.5 Å². The van der Waals surface area contributed by atoms with E-state index in [1.54, 1.807) is 19.4 Å². The first kappa shape index (κ1) is 15.0. The summed E-state index contributed by atoms with van der Waals surface area (Å²) in [5.74, 6) is 0.613. The van der Waals surface area contributed by atoms with Crippen LogP contribution < -0.4 is 15.4 Å². The largest absolute Gasteiger partial charge is 0.497 e. The van der Waals surface area contributed by atoms with E-state index in [0.29, 0.717) is 12.3 Å². The number of aryl methyl sites for hydroxylation is 1. The summed E-state index contributed by atoms with van der Waals surface area (Å²) in [5.41, 5.74) is 2.78. The molecule has 110 valence electrons. The van der Waals surface area contributed by atoms with Crippen molar-refractivity contribution in [3.05, 3.63) is 53.9 Å². The van der Waals surface area contributed by atoms with Crippen LogP contribution in [0, 0.1) is 6.92 Å². The molecule has 0 radical (unpaired) electrons. The van der Waals surface area contributed by atoms with Crippen LogP contribution in [0.25, 0.3) is 0 Å². The van der Waals surface area contributed by atoms with E-state index in [-0.39, 0.29) is 12.5 Å². The summed E-state index contributed by atoms with van der Waals surface area (Å²) in [6.07, 6.45) is 1.75. The van der Waals surface area contributed by atoms with Crippen molar-refractivity contribution in [2.45, 2.75) is 13.5 Å². The van der Waals surface area contributed by atoms with Crippen LogP contribution in [0.4, 0.5) is 5.69 Å². The van der Waals surface area contributed by atoms with Crippen molar-refractivity contribution in [3.63, 3.8) is 0 Å². The molecule has 2 rings (SSSR count). The molecular formula is C16H19N3O2. The number of pyridine rings is 1. The number of nitrogens with zero attached hydrogens (tertiary/aromatic N) is 1. The number of carbonyl (C=O) groups excluding carboxylic acids is 1. The van der Waals surface area contributed by atoms with E-state index >= 15 is 0 Å². The van der Waals surface area contributed by atoms with Gasteiger partial charge in [-0.1, -0.05) is 12.1 Å². The minimum atomic E-state index is -0.100. The third-order valence-electron chi connectivity index (χ3n) is 3.05. The number of nitrogens with one attached hydrogen (secondary N) is 2. The molecule has 0 aliphatic carbocycles. The Hall–Kier alpha value is -2.40. The molecule has 0 bridgehead atoms. The number of benzene rings is 1. The SMILES string of the molecule is COc1cccc(NC(=O)CNCc2ncccc2C)c1. The average Bonchev–Trinajstić information content (AvgIpc) is 2.49. The van der Waals surface area contributed by atoms with Crippen molar-refractivity contribution < 1.29 is 9.53 Å². The number of rotatable bonds is 6. The Balaban J connectivity index is 1.81. The first-order valence-electron chi connectivity index (χ1n) is 6.74. The van der Waals surface area contributed by atoms with Crippen LogP contribution in [0.5, 0.6) is 5.75 Å². The van der Waals surface area contributed by atoms with Crippen LogP contribution in [0.15, 0.2) is 42.6 Å². The Morgan fingerprint density at radius 3 is 2.90 bits per heavy atom. The second-order valence-corrected chi connectivity index (χ2v) is 4.65. The van der Waals surface area contributed by atoms with Gasteiger partial charge in [0.25, 0.3) is 0 Å². The fourth-order valence-electron chi connectivity index (χ4n) is 1.90. The van der Waals surface area contributed by atoms with Gasteiger partial charge in [0.05, 0.1) is 19.3 Å². The van der Waals surface area contributed by atoms with Crippen molar-refractivity contribution in [1.29, 1.82) is 0 Å². The molecule has 0 aliphatic rings. The van der Waals surface area contributed by atoms with Crippen LogP contribution in [0.1, 0.15) is 11.3 Å². The fourth-order valence-corrected chi connectivity index (χ4v) is 1.90. The molecule has 0 fully saturated rings. The Labute approximate surface area is 124 Å².